The van der Waals surface area contributed by atoms with E-state index in [1.54, 1.807) is 6.33 Å². The molecule has 1 aromatic carbocycles. The highest BCUT2D eigenvalue weighted by molar-refractivity contribution is 5.50. The van der Waals surface area contributed by atoms with Crippen LogP contribution in [0.25, 0.3) is 0 Å². The Bertz CT molecular complexity index is 697. The summed E-state index contributed by atoms with van der Waals surface area (Å²) in [6.45, 7) is 8.02. The molecule has 2 aliphatic rings. The summed E-state index contributed by atoms with van der Waals surface area (Å²) in [5.41, 5.74) is 0. The van der Waals surface area contributed by atoms with Crippen LogP contribution in [-0.2, 0) is 0 Å². The van der Waals surface area contributed by atoms with Crippen molar-refractivity contribution in [3.05, 3.63) is 42.7 Å². The first kappa shape index (κ1) is 18.0. The van der Waals surface area contributed by atoms with Gasteiger partial charge < -0.3 is 14.5 Å². The second kappa shape index (κ2) is 9.04. The zero-order valence-corrected chi connectivity index (χ0v) is 16.0. The van der Waals surface area contributed by atoms with Gasteiger partial charge in [0.25, 0.3) is 0 Å². The largest absolute Gasteiger partial charge is 0.492 e. The van der Waals surface area contributed by atoms with Gasteiger partial charge in [0, 0.05) is 51.9 Å². The van der Waals surface area contributed by atoms with E-state index in [0.717, 1.165) is 69.8 Å². The second-order valence-electron chi connectivity index (χ2n) is 7.27. The molecule has 2 fully saturated rings. The van der Waals surface area contributed by atoms with Crippen molar-refractivity contribution in [2.45, 2.75) is 19.3 Å². The Morgan fingerprint density at radius 3 is 2.15 bits per heavy atom. The number of rotatable bonds is 6. The minimum Gasteiger partial charge on any atom is -0.492 e. The molecule has 0 spiro atoms. The van der Waals surface area contributed by atoms with Crippen molar-refractivity contribution < 1.29 is 4.74 Å². The van der Waals surface area contributed by atoms with E-state index in [1.807, 2.05) is 30.3 Å². The van der Waals surface area contributed by atoms with E-state index in [9.17, 15) is 0 Å². The molecule has 1 aromatic heterocycles. The van der Waals surface area contributed by atoms with Crippen molar-refractivity contribution in [3.8, 4) is 5.75 Å². The lowest BCUT2D eigenvalue weighted by Crippen LogP contribution is -2.47. The van der Waals surface area contributed by atoms with Gasteiger partial charge >= 0.3 is 0 Å². The van der Waals surface area contributed by atoms with Crippen LogP contribution in [0, 0.1) is 0 Å². The topological polar surface area (TPSA) is 44.7 Å². The molecule has 4 rings (SSSR count). The van der Waals surface area contributed by atoms with Crippen LogP contribution in [0.1, 0.15) is 19.3 Å². The summed E-state index contributed by atoms with van der Waals surface area (Å²) >= 11 is 0. The molecule has 2 aromatic rings. The molecular formula is C21H29N5O. The van der Waals surface area contributed by atoms with Gasteiger partial charge in [-0.15, -0.1) is 0 Å². The molecule has 0 unspecified atom stereocenters. The fraction of sp³-hybridized carbons (Fsp3) is 0.524. The van der Waals surface area contributed by atoms with Gasteiger partial charge in [0.15, 0.2) is 0 Å². The number of anilines is 2. The summed E-state index contributed by atoms with van der Waals surface area (Å²) in [6, 6.07) is 12.2. The van der Waals surface area contributed by atoms with Crippen LogP contribution < -0.4 is 14.5 Å². The van der Waals surface area contributed by atoms with Gasteiger partial charge in [0.1, 0.15) is 30.3 Å². The molecule has 27 heavy (non-hydrogen) atoms. The molecule has 0 bridgehead atoms. The van der Waals surface area contributed by atoms with E-state index in [1.165, 1.54) is 19.3 Å². The Labute approximate surface area is 161 Å². The predicted octanol–water partition coefficient (Wildman–Crippen LogP) is 2.67. The predicted molar refractivity (Wildman–Crippen MR) is 109 cm³/mol. The fourth-order valence-corrected chi connectivity index (χ4v) is 3.82. The number of hydrogen-bond acceptors (Lipinski definition) is 6. The summed E-state index contributed by atoms with van der Waals surface area (Å²) < 4.78 is 5.82. The molecule has 6 nitrogen and oxygen atoms in total. The summed E-state index contributed by atoms with van der Waals surface area (Å²) in [4.78, 5) is 16.3. The van der Waals surface area contributed by atoms with E-state index in [4.69, 9.17) is 4.74 Å². The van der Waals surface area contributed by atoms with Crippen molar-refractivity contribution in [3.63, 3.8) is 0 Å². The van der Waals surface area contributed by atoms with E-state index in [0.29, 0.717) is 0 Å². The normalized spacial score (nSPS) is 18.5. The number of nitrogens with zero attached hydrogens (tertiary/aromatic N) is 5. The fourth-order valence-electron chi connectivity index (χ4n) is 3.82. The molecule has 3 heterocycles. The average molecular weight is 367 g/mol. The molecule has 6 heteroatoms. The third kappa shape index (κ3) is 4.89. The van der Waals surface area contributed by atoms with Crippen LogP contribution in [0.3, 0.4) is 0 Å². The lowest BCUT2D eigenvalue weighted by Gasteiger charge is -2.35. The molecule has 0 saturated carbocycles. The molecule has 0 atom stereocenters. The highest BCUT2D eigenvalue weighted by Gasteiger charge is 2.20. The molecule has 0 radical (unpaired) electrons. The molecule has 0 N–H and O–H groups in total. The molecule has 2 saturated heterocycles. The Balaban J connectivity index is 1.25. The van der Waals surface area contributed by atoms with E-state index >= 15 is 0 Å². The minimum absolute atomic E-state index is 0.733. The molecule has 0 aliphatic carbocycles. The Hall–Kier alpha value is -2.34. The zero-order chi connectivity index (χ0) is 18.3. The highest BCUT2D eigenvalue weighted by atomic mass is 16.5. The average Bonchev–Trinajstić information content (AvgIpc) is 2.76. The maximum absolute atomic E-state index is 5.82. The number of hydrogen-bond donors (Lipinski definition) is 0. The zero-order valence-electron chi connectivity index (χ0n) is 16.0. The van der Waals surface area contributed by atoms with Crippen molar-refractivity contribution in [2.24, 2.45) is 0 Å². The summed E-state index contributed by atoms with van der Waals surface area (Å²) in [5, 5.41) is 0. The lowest BCUT2D eigenvalue weighted by atomic mass is 10.1. The lowest BCUT2D eigenvalue weighted by molar-refractivity contribution is 0.200. The van der Waals surface area contributed by atoms with Gasteiger partial charge in [-0.3, -0.25) is 4.90 Å². The van der Waals surface area contributed by atoms with Crippen LogP contribution in [0.15, 0.2) is 42.7 Å². The van der Waals surface area contributed by atoms with Gasteiger partial charge in [-0.1, -0.05) is 18.2 Å². The first-order valence-electron chi connectivity index (χ1n) is 10.1. The Morgan fingerprint density at radius 1 is 0.778 bits per heavy atom. The maximum Gasteiger partial charge on any atom is 0.134 e. The van der Waals surface area contributed by atoms with Gasteiger partial charge in [-0.25, -0.2) is 9.97 Å². The third-order valence-electron chi connectivity index (χ3n) is 5.43. The standard InChI is InChI=1S/C21H29N5O/c1-3-7-19(8-4-1)27-16-15-24-11-13-26(14-12-24)21-17-20(22-18-23-21)25-9-5-2-6-10-25/h1,3-4,7-8,17-18H,2,5-6,9-16H2. The SMILES string of the molecule is c1ccc(OCCN2CCN(c3cc(N4CCCCC4)ncn3)CC2)cc1. The summed E-state index contributed by atoms with van der Waals surface area (Å²) in [7, 11) is 0. The van der Waals surface area contributed by atoms with Gasteiger partial charge in [-0.05, 0) is 31.4 Å². The highest BCUT2D eigenvalue weighted by Crippen LogP contribution is 2.22. The van der Waals surface area contributed by atoms with Crippen LogP contribution >= 0.6 is 0 Å². The van der Waals surface area contributed by atoms with E-state index < -0.39 is 0 Å². The van der Waals surface area contributed by atoms with Gasteiger partial charge in [0.2, 0.25) is 0 Å². The van der Waals surface area contributed by atoms with Crippen molar-refractivity contribution in [1.82, 2.24) is 14.9 Å². The summed E-state index contributed by atoms with van der Waals surface area (Å²) in [5.74, 6) is 3.09. The maximum atomic E-state index is 5.82. The van der Waals surface area contributed by atoms with Crippen molar-refractivity contribution >= 4 is 11.6 Å². The molecular weight excluding hydrogens is 338 g/mol. The monoisotopic (exact) mass is 367 g/mol. The molecule has 2 aliphatic heterocycles. The van der Waals surface area contributed by atoms with Gasteiger partial charge in [-0.2, -0.15) is 0 Å². The van der Waals surface area contributed by atoms with E-state index in [-0.39, 0.29) is 0 Å². The van der Waals surface area contributed by atoms with Crippen LogP contribution in [0.2, 0.25) is 0 Å². The number of aromatic nitrogens is 2. The van der Waals surface area contributed by atoms with Crippen LogP contribution in [-0.4, -0.2) is 67.3 Å². The Kier molecular flexibility index (Phi) is 6.04. The van der Waals surface area contributed by atoms with Gasteiger partial charge in [0.05, 0.1) is 0 Å². The number of benzene rings is 1. The smallest absolute Gasteiger partial charge is 0.134 e. The summed E-state index contributed by atoms with van der Waals surface area (Å²) in [6.07, 6.45) is 5.59. The Morgan fingerprint density at radius 2 is 1.44 bits per heavy atom. The first-order valence-corrected chi connectivity index (χ1v) is 10.1. The van der Waals surface area contributed by atoms with Crippen molar-refractivity contribution in [1.29, 1.82) is 0 Å². The third-order valence-corrected chi connectivity index (χ3v) is 5.43. The number of ether oxygens (including phenoxy) is 1. The van der Waals surface area contributed by atoms with Crippen LogP contribution in [0.5, 0.6) is 5.75 Å². The quantitative estimate of drug-likeness (QED) is 0.782. The molecule has 0 amide bonds. The second-order valence-corrected chi connectivity index (χ2v) is 7.27. The molecule has 144 valence electrons. The number of para-hydroxylation sites is 1. The number of piperidine rings is 1. The van der Waals surface area contributed by atoms with E-state index in [2.05, 4.69) is 30.7 Å². The number of piperazine rings is 1. The first-order chi connectivity index (χ1) is 13.4. The minimum atomic E-state index is 0.733. The van der Waals surface area contributed by atoms with Crippen molar-refractivity contribution in [2.75, 3.05) is 62.2 Å². The van der Waals surface area contributed by atoms with Crippen LogP contribution in [0.4, 0.5) is 11.6 Å².